The van der Waals surface area contributed by atoms with E-state index < -0.39 is 9.84 Å². The van der Waals surface area contributed by atoms with Crippen LogP contribution in [0.3, 0.4) is 0 Å². The molecular weight excluding hydrogens is 328 g/mol. The Labute approximate surface area is 141 Å². The summed E-state index contributed by atoms with van der Waals surface area (Å²) >= 11 is 0. The molecule has 1 aliphatic heterocycles. The second kappa shape index (κ2) is 6.62. The summed E-state index contributed by atoms with van der Waals surface area (Å²) in [7, 11) is -3.28. The van der Waals surface area contributed by atoms with Crippen LogP contribution in [0.5, 0.6) is 0 Å². The van der Waals surface area contributed by atoms with Crippen molar-refractivity contribution >= 4 is 26.6 Å². The normalized spacial score (nSPS) is 19.8. The Morgan fingerprint density at radius 2 is 2.08 bits per heavy atom. The highest BCUT2D eigenvalue weighted by molar-refractivity contribution is 7.90. The van der Waals surface area contributed by atoms with Gasteiger partial charge in [0.2, 0.25) is 0 Å². The first-order valence-corrected chi connectivity index (χ1v) is 9.84. The molecule has 2 aromatic rings. The average molecular weight is 350 g/mol. The summed E-state index contributed by atoms with van der Waals surface area (Å²) in [6.45, 7) is 5.32. The van der Waals surface area contributed by atoms with Crippen LogP contribution in [0.15, 0.2) is 29.4 Å². The van der Waals surface area contributed by atoms with Crippen molar-refractivity contribution in [1.82, 2.24) is 14.9 Å². The van der Waals surface area contributed by atoms with Gasteiger partial charge in [-0.25, -0.2) is 18.4 Å². The molecule has 0 saturated carbocycles. The number of sulfone groups is 1. The Morgan fingerprint density at radius 1 is 1.29 bits per heavy atom. The molecular formula is C16H22N4O3S. The van der Waals surface area contributed by atoms with Crippen molar-refractivity contribution in [2.45, 2.75) is 17.9 Å². The van der Waals surface area contributed by atoms with E-state index in [1.54, 1.807) is 18.2 Å². The van der Waals surface area contributed by atoms with Crippen LogP contribution in [-0.2, 0) is 9.84 Å². The van der Waals surface area contributed by atoms with Crippen LogP contribution < -0.4 is 4.90 Å². The molecule has 1 saturated heterocycles. The highest BCUT2D eigenvalue weighted by atomic mass is 32.2. The van der Waals surface area contributed by atoms with Gasteiger partial charge in [-0.2, -0.15) is 0 Å². The quantitative estimate of drug-likeness (QED) is 0.861. The molecule has 0 bridgehead atoms. The summed E-state index contributed by atoms with van der Waals surface area (Å²) in [6, 6.07) is 5.25. The van der Waals surface area contributed by atoms with E-state index in [2.05, 4.69) is 26.7 Å². The lowest BCUT2D eigenvalue weighted by Gasteiger charge is -2.40. The number of aliphatic hydroxyl groups excluding tert-OH is 1. The summed E-state index contributed by atoms with van der Waals surface area (Å²) in [5, 5.41) is 9.89. The average Bonchev–Trinajstić information content (AvgIpc) is 2.55. The van der Waals surface area contributed by atoms with E-state index in [4.69, 9.17) is 5.11 Å². The van der Waals surface area contributed by atoms with Crippen molar-refractivity contribution in [1.29, 1.82) is 0 Å². The molecule has 0 spiro atoms. The molecule has 1 atom stereocenters. The Kier molecular flexibility index (Phi) is 4.71. The van der Waals surface area contributed by atoms with E-state index in [0.29, 0.717) is 6.54 Å². The molecule has 2 heterocycles. The number of aromatic nitrogens is 2. The standard InChI is InChI=1S/C16H22N4O3S/c1-12-10-20(6-5-19(12)7-8-21)16-14-9-13(24(2,22)23)3-4-15(14)17-11-18-16/h3-4,9,11-12,21H,5-8,10H2,1-2H3. The van der Waals surface area contributed by atoms with Crippen molar-refractivity contribution in [3.63, 3.8) is 0 Å². The van der Waals surface area contributed by atoms with Gasteiger partial charge < -0.3 is 10.0 Å². The van der Waals surface area contributed by atoms with E-state index in [1.165, 1.54) is 12.6 Å². The van der Waals surface area contributed by atoms with E-state index in [-0.39, 0.29) is 17.5 Å². The van der Waals surface area contributed by atoms with Crippen molar-refractivity contribution in [2.75, 3.05) is 43.9 Å². The highest BCUT2D eigenvalue weighted by Crippen LogP contribution is 2.27. The van der Waals surface area contributed by atoms with Gasteiger partial charge in [-0.3, -0.25) is 4.90 Å². The highest BCUT2D eigenvalue weighted by Gasteiger charge is 2.25. The van der Waals surface area contributed by atoms with Gasteiger partial charge >= 0.3 is 0 Å². The second-order valence-electron chi connectivity index (χ2n) is 6.20. The van der Waals surface area contributed by atoms with Gasteiger partial charge in [-0.15, -0.1) is 0 Å². The molecule has 1 aliphatic rings. The van der Waals surface area contributed by atoms with Gasteiger partial charge in [0.05, 0.1) is 17.0 Å². The lowest BCUT2D eigenvalue weighted by molar-refractivity contribution is 0.146. The maximum absolute atomic E-state index is 11.8. The molecule has 24 heavy (non-hydrogen) atoms. The first-order chi connectivity index (χ1) is 11.4. The zero-order valence-corrected chi connectivity index (χ0v) is 14.7. The van der Waals surface area contributed by atoms with Crippen molar-refractivity contribution in [2.24, 2.45) is 0 Å². The Balaban J connectivity index is 1.98. The molecule has 0 aliphatic carbocycles. The van der Waals surface area contributed by atoms with Gasteiger partial charge in [0, 0.05) is 43.9 Å². The largest absolute Gasteiger partial charge is 0.395 e. The number of β-amino-alcohol motifs (C(OH)–C–C–N with tert-alkyl or cyclic N) is 1. The maximum Gasteiger partial charge on any atom is 0.175 e. The van der Waals surface area contributed by atoms with E-state index in [0.717, 1.165) is 36.4 Å². The summed E-state index contributed by atoms with van der Waals surface area (Å²) in [5.41, 5.74) is 0.734. The van der Waals surface area contributed by atoms with E-state index in [9.17, 15) is 8.42 Å². The van der Waals surface area contributed by atoms with Crippen molar-refractivity contribution in [3.8, 4) is 0 Å². The third-order valence-corrected chi connectivity index (χ3v) is 5.58. The van der Waals surface area contributed by atoms with Gasteiger partial charge in [0.15, 0.2) is 9.84 Å². The predicted octanol–water partition coefficient (Wildman–Crippen LogP) is 0.536. The molecule has 3 rings (SSSR count). The number of fused-ring (bicyclic) bond motifs is 1. The van der Waals surface area contributed by atoms with Crippen molar-refractivity contribution in [3.05, 3.63) is 24.5 Å². The Hall–Kier alpha value is -1.77. The third kappa shape index (κ3) is 3.35. The number of piperazine rings is 1. The molecule has 1 aromatic carbocycles. The fraction of sp³-hybridized carbons (Fsp3) is 0.500. The number of nitrogens with zero attached hydrogens (tertiary/aromatic N) is 4. The van der Waals surface area contributed by atoms with Gasteiger partial charge in [-0.05, 0) is 25.1 Å². The first kappa shape index (κ1) is 17.1. The van der Waals surface area contributed by atoms with Crippen LogP contribution in [-0.4, -0.2) is 73.5 Å². The fourth-order valence-electron chi connectivity index (χ4n) is 3.15. The van der Waals surface area contributed by atoms with E-state index in [1.807, 2.05) is 0 Å². The predicted molar refractivity (Wildman–Crippen MR) is 93.0 cm³/mol. The Bertz CT molecular complexity index is 840. The van der Waals surface area contributed by atoms with E-state index >= 15 is 0 Å². The summed E-state index contributed by atoms with van der Waals surface area (Å²) in [5.74, 6) is 0.765. The minimum Gasteiger partial charge on any atom is -0.395 e. The zero-order valence-electron chi connectivity index (χ0n) is 13.9. The third-order valence-electron chi connectivity index (χ3n) is 4.47. The van der Waals surface area contributed by atoms with Gasteiger partial charge in [0.1, 0.15) is 12.1 Å². The summed E-state index contributed by atoms with van der Waals surface area (Å²) < 4.78 is 23.7. The maximum atomic E-state index is 11.8. The smallest absolute Gasteiger partial charge is 0.175 e. The van der Waals surface area contributed by atoms with Crippen molar-refractivity contribution < 1.29 is 13.5 Å². The lowest BCUT2D eigenvalue weighted by Crippen LogP contribution is -2.52. The topological polar surface area (TPSA) is 86.6 Å². The fourth-order valence-corrected chi connectivity index (χ4v) is 3.80. The molecule has 1 N–H and O–H groups in total. The van der Waals surface area contributed by atoms with Crippen LogP contribution in [0.25, 0.3) is 10.9 Å². The first-order valence-electron chi connectivity index (χ1n) is 7.95. The van der Waals surface area contributed by atoms with Gasteiger partial charge in [0.25, 0.3) is 0 Å². The molecule has 0 radical (unpaired) electrons. The Morgan fingerprint density at radius 3 is 2.75 bits per heavy atom. The molecule has 130 valence electrons. The molecule has 1 unspecified atom stereocenters. The van der Waals surface area contributed by atoms with Crippen LogP contribution in [0, 0.1) is 0 Å². The molecule has 1 fully saturated rings. The van der Waals surface area contributed by atoms with Crippen LogP contribution in [0.2, 0.25) is 0 Å². The van der Waals surface area contributed by atoms with Crippen LogP contribution in [0.1, 0.15) is 6.92 Å². The minimum atomic E-state index is -3.28. The summed E-state index contributed by atoms with van der Waals surface area (Å²) in [6.07, 6.45) is 2.72. The number of hydrogen-bond acceptors (Lipinski definition) is 7. The van der Waals surface area contributed by atoms with Crippen LogP contribution in [0.4, 0.5) is 5.82 Å². The molecule has 7 nitrogen and oxygen atoms in total. The molecule has 0 amide bonds. The van der Waals surface area contributed by atoms with Crippen LogP contribution >= 0.6 is 0 Å². The SMILES string of the molecule is CC1CN(c2ncnc3ccc(S(C)(=O)=O)cc23)CCN1CCO. The number of hydrogen-bond donors (Lipinski definition) is 1. The number of aliphatic hydroxyl groups is 1. The summed E-state index contributed by atoms with van der Waals surface area (Å²) in [4.78, 5) is 13.3. The second-order valence-corrected chi connectivity index (χ2v) is 8.22. The van der Waals surface area contributed by atoms with Gasteiger partial charge in [-0.1, -0.05) is 0 Å². The molecule has 8 heteroatoms. The number of rotatable bonds is 4. The number of benzene rings is 1. The zero-order chi connectivity index (χ0) is 17.3. The number of anilines is 1. The minimum absolute atomic E-state index is 0.151. The lowest BCUT2D eigenvalue weighted by atomic mass is 10.1. The monoisotopic (exact) mass is 350 g/mol. The molecule has 1 aromatic heterocycles.